The predicted molar refractivity (Wildman–Crippen MR) is 98.6 cm³/mol. The molecule has 0 spiro atoms. The molecule has 7 nitrogen and oxygen atoms in total. The van der Waals surface area contributed by atoms with E-state index in [9.17, 15) is 9.59 Å². The van der Waals surface area contributed by atoms with Crippen LogP contribution in [0.4, 0.5) is 0 Å². The molecule has 0 atom stereocenters. The Balaban J connectivity index is 1.52. The highest BCUT2D eigenvalue weighted by molar-refractivity contribution is 5.78. The molecule has 1 amide bonds. The molecule has 0 saturated carbocycles. The molecule has 1 aromatic heterocycles. The fourth-order valence-corrected chi connectivity index (χ4v) is 2.87. The Morgan fingerprint density at radius 1 is 1.31 bits per heavy atom. The van der Waals surface area contributed by atoms with Crippen LogP contribution in [-0.4, -0.2) is 27.7 Å². The van der Waals surface area contributed by atoms with E-state index in [-0.39, 0.29) is 23.6 Å². The van der Waals surface area contributed by atoms with Crippen LogP contribution in [0.2, 0.25) is 0 Å². The lowest BCUT2D eigenvalue weighted by Crippen LogP contribution is -2.29. The molecule has 2 heterocycles. The summed E-state index contributed by atoms with van der Waals surface area (Å²) in [6.07, 6.45) is 7.94. The number of nitrogens with zero attached hydrogens (tertiary/aromatic N) is 4. The first kappa shape index (κ1) is 17.8. The van der Waals surface area contributed by atoms with E-state index in [0.717, 1.165) is 6.42 Å². The monoisotopic (exact) mass is 351 g/mol. The highest BCUT2D eigenvalue weighted by Crippen LogP contribution is 2.35. The van der Waals surface area contributed by atoms with Crippen molar-refractivity contribution < 1.29 is 4.79 Å². The van der Waals surface area contributed by atoms with Gasteiger partial charge in [0.05, 0.1) is 10.9 Å². The van der Waals surface area contributed by atoms with Crippen molar-refractivity contribution in [1.82, 2.24) is 14.9 Å². The number of hydrogen-bond donors (Lipinski definition) is 1. The Kier molecular flexibility index (Phi) is 5.12. The van der Waals surface area contributed by atoms with Gasteiger partial charge in [0, 0.05) is 45.7 Å². The van der Waals surface area contributed by atoms with Crippen LogP contribution in [0, 0.1) is 12.3 Å². The zero-order valence-electron chi connectivity index (χ0n) is 14.7. The van der Waals surface area contributed by atoms with Gasteiger partial charge in [0.25, 0.3) is 5.56 Å². The number of aryl methyl sites for hydroxylation is 1. The minimum atomic E-state index is -0.385. The van der Waals surface area contributed by atoms with Gasteiger partial charge in [0.15, 0.2) is 5.66 Å². The van der Waals surface area contributed by atoms with Gasteiger partial charge in [-0.2, -0.15) is 10.2 Å². The van der Waals surface area contributed by atoms with Crippen molar-refractivity contribution in [3.63, 3.8) is 0 Å². The standard InChI is InChI=1S/C19H21N5O2/c1-3-4-11-19(22-23-19)12-13-20-17(25)10-9-16-21-15-8-6-5-7-14(15)18(26)24(16)2/h1,5-8H,4,9-13H2,2H3,(H,20,25). The van der Waals surface area contributed by atoms with Gasteiger partial charge in [-0.05, 0) is 12.1 Å². The van der Waals surface area contributed by atoms with Crippen molar-refractivity contribution in [1.29, 1.82) is 0 Å². The van der Waals surface area contributed by atoms with Gasteiger partial charge in [0.1, 0.15) is 5.82 Å². The molecule has 0 bridgehead atoms. The molecule has 26 heavy (non-hydrogen) atoms. The molecule has 3 rings (SSSR count). The second-order valence-corrected chi connectivity index (χ2v) is 6.40. The first-order valence-corrected chi connectivity index (χ1v) is 8.63. The average Bonchev–Trinajstić information content (AvgIpc) is 3.42. The van der Waals surface area contributed by atoms with Gasteiger partial charge < -0.3 is 5.32 Å². The molecule has 1 aliphatic rings. The second kappa shape index (κ2) is 7.48. The first-order valence-electron chi connectivity index (χ1n) is 8.63. The largest absolute Gasteiger partial charge is 0.356 e. The Bertz CT molecular complexity index is 949. The number of fused-ring (bicyclic) bond motifs is 1. The molecular formula is C19H21N5O2. The number of carbonyl (C=O) groups excluding carboxylic acids is 1. The maximum atomic E-state index is 12.4. The molecule has 0 aliphatic carbocycles. The average molecular weight is 351 g/mol. The van der Waals surface area contributed by atoms with E-state index in [0.29, 0.717) is 42.5 Å². The summed E-state index contributed by atoms with van der Waals surface area (Å²) in [5.41, 5.74) is 0.167. The Hall–Kier alpha value is -3.01. The maximum absolute atomic E-state index is 12.4. The molecule has 1 aromatic carbocycles. The summed E-state index contributed by atoms with van der Waals surface area (Å²) in [6.45, 7) is 0.500. The Morgan fingerprint density at radius 3 is 2.81 bits per heavy atom. The zero-order chi connectivity index (χ0) is 18.6. The summed E-state index contributed by atoms with van der Waals surface area (Å²) >= 11 is 0. The third kappa shape index (κ3) is 3.97. The van der Waals surface area contributed by atoms with Crippen molar-refractivity contribution in [2.75, 3.05) is 6.54 Å². The van der Waals surface area contributed by atoms with Crippen LogP contribution >= 0.6 is 0 Å². The van der Waals surface area contributed by atoms with Gasteiger partial charge in [-0.3, -0.25) is 14.2 Å². The van der Waals surface area contributed by atoms with Crippen molar-refractivity contribution in [3.8, 4) is 12.3 Å². The SMILES string of the molecule is C#CCCC1(CCNC(=O)CCc2nc3ccccc3c(=O)n2C)N=N1. The molecule has 7 heteroatoms. The van der Waals surface area contributed by atoms with Crippen LogP contribution < -0.4 is 10.9 Å². The Labute approximate surface area is 151 Å². The highest BCUT2D eigenvalue weighted by Gasteiger charge is 2.38. The fraction of sp³-hybridized carbons (Fsp3) is 0.421. The van der Waals surface area contributed by atoms with Gasteiger partial charge in [-0.15, -0.1) is 12.3 Å². The highest BCUT2D eigenvalue weighted by atomic mass is 16.1. The van der Waals surface area contributed by atoms with E-state index in [1.165, 1.54) is 4.57 Å². The van der Waals surface area contributed by atoms with Crippen LogP contribution in [0.5, 0.6) is 0 Å². The number of carbonyl (C=O) groups is 1. The quantitative estimate of drug-likeness (QED) is 0.737. The van der Waals surface area contributed by atoms with Crippen LogP contribution in [0.3, 0.4) is 0 Å². The van der Waals surface area contributed by atoms with Crippen molar-refractivity contribution >= 4 is 16.8 Å². The van der Waals surface area contributed by atoms with E-state index in [1.54, 1.807) is 19.2 Å². The molecule has 0 radical (unpaired) electrons. The lowest BCUT2D eigenvalue weighted by molar-refractivity contribution is -0.121. The third-order valence-corrected chi connectivity index (χ3v) is 4.55. The van der Waals surface area contributed by atoms with E-state index >= 15 is 0 Å². The maximum Gasteiger partial charge on any atom is 0.261 e. The number of amides is 1. The lowest BCUT2D eigenvalue weighted by atomic mass is 10.0. The molecule has 2 aromatic rings. The van der Waals surface area contributed by atoms with Crippen LogP contribution in [0.25, 0.3) is 10.9 Å². The zero-order valence-corrected chi connectivity index (χ0v) is 14.7. The summed E-state index contributed by atoms with van der Waals surface area (Å²) in [5.74, 6) is 3.10. The smallest absolute Gasteiger partial charge is 0.261 e. The number of benzene rings is 1. The molecule has 1 aliphatic heterocycles. The van der Waals surface area contributed by atoms with Crippen molar-refractivity contribution in [3.05, 3.63) is 40.4 Å². The van der Waals surface area contributed by atoms with Crippen molar-refractivity contribution in [2.24, 2.45) is 17.3 Å². The van der Waals surface area contributed by atoms with Gasteiger partial charge in [0.2, 0.25) is 5.91 Å². The molecule has 0 saturated heterocycles. The molecule has 134 valence electrons. The third-order valence-electron chi connectivity index (χ3n) is 4.55. The predicted octanol–water partition coefficient (Wildman–Crippen LogP) is 1.95. The number of para-hydroxylation sites is 1. The van der Waals surface area contributed by atoms with Crippen LogP contribution in [0.15, 0.2) is 39.3 Å². The van der Waals surface area contributed by atoms with Crippen LogP contribution in [0.1, 0.15) is 31.5 Å². The van der Waals surface area contributed by atoms with E-state index in [1.807, 2.05) is 12.1 Å². The number of rotatable bonds is 8. The molecular weight excluding hydrogens is 330 g/mol. The van der Waals surface area contributed by atoms with Gasteiger partial charge in [-0.25, -0.2) is 4.98 Å². The second-order valence-electron chi connectivity index (χ2n) is 6.40. The first-order chi connectivity index (χ1) is 12.5. The van der Waals surface area contributed by atoms with Crippen LogP contribution in [-0.2, 0) is 18.3 Å². The fourth-order valence-electron chi connectivity index (χ4n) is 2.87. The van der Waals surface area contributed by atoms with E-state index in [2.05, 4.69) is 26.4 Å². The van der Waals surface area contributed by atoms with E-state index < -0.39 is 0 Å². The van der Waals surface area contributed by atoms with E-state index in [4.69, 9.17) is 6.42 Å². The number of nitrogens with one attached hydrogen (secondary N) is 1. The number of terminal acetylenes is 1. The summed E-state index contributed by atoms with van der Waals surface area (Å²) < 4.78 is 1.51. The summed E-state index contributed by atoms with van der Waals surface area (Å²) in [7, 11) is 1.68. The summed E-state index contributed by atoms with van der Waals surface area (Å²) in [4.78, 5) is 28.9. The van der Waals surface area contributed by atoms with Gasteiger partial charge in [-0.1, -0.05) is 12.1 Å². The topological polar surface area (TPSA) is 88.7 Å². The molecule has 0 unspecified atom stereocenters. The number of hydrogen-bond acceptors (Lipinski definition) is 5. The Morgan fingerprint density at radius 2 is 2.08 bits per heavy atom. The normalized spacial score (nSPS) is 14.2. The number of aromatic nitrogens is 2. The minimum Gasteiger partial charge on any atom is -0.356 e. The van der Waals surface area contributed by atoms with Crippen molar-refractivity contribution in [2.45, 2.75) is 37.8 Å². The summed E-state index contributed by atoms with van der Waals surface area (Å²) in [5, 5.41) is 11.5. The summed E-state index contributed by atoms with van der Waals surface area (Å²) in [6, 6.07) is 7.21. The minimum absolute atomic E-state index is 0.0832. The lowest BCUT2D eigenvalue weighted by Gasteiger charge is -2.11. The molecule has 1 N–H and O–H groups in total. The molecule has 0 fully saturated rings. The van der Waals surface area contributed by atoms with Gasteiger partial charge >= 0.3 is 0 Å².